The zero-order valence-corrected chi connectivity index (χ0v) is 12.4. The fraction of sp³-hybridized carbons (Fsp3) is 0.857. The van der Waals surface area contributed by atoms with Crippen molar-refractivity contribution in [1.82, 2.24) is 10.2 Å². The molecule has 0 aromatic carbocycles. The fourth-order valence-electron chi connectivity index (χ4n) is 3.25. The molecule has 1 aliphatic carbocycles. The molecule has 0 bridgehead atoms. The standard InChI is InChI=1S/C14H22F3N3O2/c15-14(16,17)10-2-1-3-11(8-10)19-13(22)20-6-4-9(5-7-20)12(18)21/h9-11H,1-8H2,(H2,18,21)(H,19,22). The van der Waals surface area contributed by atoms with Gasteiger partial charge in [-0.25, -0.2) is 4.79 Å². The van der Waals surface area contributed by atoms with E-state index in [9.17, 15) is 22.8 Å². The molecule has 2 aliphatic rings. The number of nitrogens with zero attached hydrogens (tertiary/aromatic N) is 1. The molecule has 0 aromatic heterocycles. The maximum atomic E-state index is 12.8. The summed E-state index contributed by atoms with van der Waals surface area (Å²) in [6.07, 6.45) is -2.03. The number of carbonyl (C=O) groups excluding carboxylic acids is 2. The van der Waals surface area contributed by atoms with Gasteiger partial charge in [0.2, 0.25) is 5.91 Å². The minimum Gasteiger partial charge on any atom is -0.369 e. The summed E-state index contributed by atoms with van der Waals surface area (Å²) in [5.41, 5.74) is 5.23. The molecule has 2 unspecified atom stereocenters. The summed E-state index contributed by atoms with van der Waals surface area (Å²) < 4.78 is 38.3. The number of urea groups is 1. The largest absolute Gasteiger partial charge is 0.391 e. The first-order chi connectivity index (χ1) is 10.3. The Labute approximate surface area is 127 Å². The quantitative estimate of drug-likeness (QED) is 0.816. The van der Waals surface area contributed by atoms with Crippen LogP contribution in [-0.2, 0) is 4.79 Å². The highest BCUT2D eigenvalue weighted by atomic mass is 19.4. The molecule has 3 amide bonds. The second kappa shape index (κ2) is 6.75. The number of nitrogens with two attached hydrogens (primary N) is 1. The molecule has 2 fully saturated rings. The van der Waals surface area contributed by atoms with Crippen molar-refractivity contribution in [3.63, 3.8) is 0 Å². The van der Waals surface area contributed by atoms with Gasteiger partial charge in [0.25, 0.3) is 0 Å². The van der Waals surface area contributed by atoms with Crippen LogP contribution in [0, 0.1) is 11.8 Å². The Morgan fingerprint density at radius 1 is 1.09 bits per heavy atom. The number of rotatable bonds is 2. The lowest BCUT2D eigenvalue weighted by molar-refractivity contribution is -0.183. The van der Waals surface area contributed by atoms with Crippen LogP contribution in [0.3, 0.4) is 0 Å². The average Bonchev–Trinajstić information content (AvgIpc) is 2.46. The Kier molecular flexibility index (Phi) is 5.18. The summed E-state index contributed by atoms with van der Waals surface area (Å²) in [5, 5.41) is 2.71. The molecule has 1 aliphatic heterocycles. The predicted octanol–water partition coefficient (Wildman–Crippen LogP) is 2.01. The number of piperidine rings is 1. The second-order valence-corrected chi connectivity index (χ2v) is 6.22. The van der Waals surface area contributed by atoms with E-state index in [0.29, 0.717) is 38.8 Å². The summed E-state index contributed by atoms with van der Waals surface area (Å²) in [4.78, 5) is 24.7. The van der Waals surface area contributed by atoms with E-state index in [0.717, 1.165) is 0 Å². The van der Waals surface area contributed by atoms with Gasteiger partial charge in [-0.3, -0.25) is 4.79 Å². The van der Waals surface area contributed by atoms with Crippen LogP contribution in [0.5, 0.6) is 0 Å². The van der Waals surface area contributed by atoms with E-state index >= 15 is 0 Å². The van der Waals surface area contributed by atoms with Crippen molar-refractivity contribution in [3.05, 3.63) is 0 Å². The second-order valence-electron chi connectivity index (χ2n) is 6.22. The summed E-state index contributed by atoms with van der Waals surface area (Å²) in [7, 11) is 0. The Morgan fingerprint density at radius 2 is 1.73 bits per heavy atom. The van der Waals surface area contributed by atoms with Crippen molar-refractivity contribution in [1.29, 1.82) is 0 Å². The Balaban J connectivity index is 1.81. The minimum atomic E-state index is -4.19. The molecule has 0 aromatic rings. The van der Waals surface area contributed by atoms with Gasteiger partial charge in [0.05, 0.1) is 5.92 Å². The Morgan fingerprint density at radius 3 is 2.27 bits per heavy atom. The van der Waals surface area contributed by atoms with Crippen LogP contribution in [0.2, 0.25) is 0 Å². The van der Waals surface area contributed by atoms with Crippen molar-refractivity contribution >= 4 is 11.9 Å². The van der Waals surface area contributed by atoms with Crippen molar-refractivity contribution in [3.8, 4) is 0 Å². The van der Waals surface area contributed by atoms with Crippen molar-refractivity contribution in [2.75, 3.05) is 13.1 Å². The van der Waals surface area contributed by atoms with Crippen LogP contribution in [0.1, 0.15) is 38.5 Å². The first-order valence-corrected chi connectivity index (χ1v) is 7.69. The maximum Gasteiger partial charge on any atom is 0.391 e. The van der Waals surface area contributed by atoms with Gasteiger partial charge < -0.3 is 16.0 Å². The fourth-order valence-corrected chi connectivity index (χ4v) is 3.25. The Bertz CT molecular complexity index is 420. The molecule has 8 heteroatoms. The van der Waals surface area contributed by atoms with Crippen molar-refractivity contribution in [2.45, 2.75) is 50.7 Å². The van der Waals surface area contributed by atoms with Crippen LogP contribution in [-0.4, -0.2) is 42.1 Å². The van der Waals surface area contributed by atoms with Gasteiger partial charge in [-0.15, -0.1) is 0 Å². The van der Waals surface area contributed by atoms with Crippen molar-refractivity contribution < 1.29 is 22.8 Å². The number of primary amides is 1. The van der Waals surface area contributed by atoms with Gasteiger partial charge in [0, 0.05) is 25.0 Å². The molecule has 2 rings (SSSR count). The Hall–Kier alpha value is -1.47. The van der Waals surface area contributed by atoms with Gasteiger partial charge in [-0.1, -0.05) is 6.42 Å². The topological polar surface area (TPSA) is 75.4 Å². The van der Waals surface area contributed by atoms with Crippen LogP contribution < -0.4 is 11.1 Å². The van der Waals surface area contributed by atoms with Crippen LogP contribution in [0.15, 0.2) is 0 Å². The predicted molar refractivity (Wildman–Crippen MR) is 73.8 cm³/mol. The zero-order chi connectivity index (χ0) is 16.3. The zero-order valence-electron chi connectivity index (χ0n) is 12.4. The van der Waals surface area contributed by atoms with E-state index in [1.165, 1.54) is 0 Å². The molecule has 1 heterocycles. The third-order valence-electron chi connectivity index (χ3n) is 4.65. The van der Waals surface area contributed by atoms with Crippen LogP contribution >= 0.6 is 0 Å². The molecule has 0 spiro atoms. The number of carbonyl (C=O) groups is 2. The van der Waals surface area contributed by atoms with E-state index in [-0.39, 0.29) is 30.7 Å². The van der Waals surface area contributed by atoms with Crippen molar-refractivity contribution in [2.24, 2.45) is 17.6 Å². The molecule has 1 saturated heterocycles. The molecular weight excluding hydrogens is 299 g/mol. The molecule has 22 heavy (non-hydrogen) atoms. The SMILES string of the molecule is NC(=O)C1CCN(C(=O)NC2CCCC(C(F)(F)F)C2)CC1. The molecule has 0 radical (unpaired) electrons. The van der Waals surface area contributed by atoms with E-state index in [1.54, 1.807) is 4.90 Å². The lowest BCUT2D eigenvalue weighted by Crippen LogP contribution is -2.50. The van der Waals surface area contributed by atoms with Crippen LogP contribution in [0.4, 0.5) is 18.0 Å². The van der Waals surface area contributed by atoms with Gasteiger partial charge >= 0.3 is 12.2 Å². The van der Waals surface area contributed by atoms with E-state index < -0.39 is 18.1 Å². The van der Waals surface area contributed by atoms with E-state index in [4.69, 9.17) is 5.73 Å². The summed E-state index contributed by atoms with van der Waals surface area (Å²) in [6, 6.07) is -0.766. The van der Waals surface area contributed by atoms with Gasteiger partial charge in [-0.05, 0) is 32.1 Å². The number of hydrogen-bond acceptors (Lipinski definition) is 2. The number of alkyl halides is 3. The molecule has 5 nitrogen and oxygen atoms in total. The smallest absolute Gasteiger partial charge is 0.369 e. The monoisotopic (exact) mass is 321 g/mol. The number of amides is 3. The number of nitrogens with one attached hydrogen (secondary N) is 1. The van der Waals surface area contributed by atoms with Crippen LogP contribution in [0.25, 0.3) is 0 Å². The molecular formula is C14H22F3N3O2. The normalized spacial score (nSPS) is 27.5. The third kappa shape index (κ3) is 4.27. The number of halogens is 3. The van der Waals surface area contributed by atoms with Gasteiger partial charge in [-0.2, -0.15) is 13.2 Å². The summed E-state index contributed by atoms with van der Waals surface area (Å²) in [6.45, 7) is 0.823. The molecule has 126 valence electrons. The van der Waals surface area contributed by atoms with E-state index in [1.807, 2.05) is 0 Å². The van der Waals surface area contributed by atoms with E-state index in [2.05, 4.69) is 5.32 Å². The number of hydrogen-bond donors (Lipinski definition) is 2. The number of likely N-dealkylation sites (tertiary alicyclic amines) is 1. The minimum absolute atomic E-state index is 0.0486. The molecule has 2 atom stereocenters. The molecule has 3 N–H and O–H groups in total. The third-order valence-corrected chi connectivity index (χ3v) is 4.65. The highest BCUT2D eigenvalue weighted by Gasteiger charge is 2.42. The summed E-state index contributed by atoms with van der Waals surface area (Å²) >= 11 is 0. The highest BCUT2D eigenvalue weighted by Crippen LogP contribution is 2.37. The van der Waals surface area contributed by atoms with Gasteiger partial charge in [0.1, 0.15) is 0 Å². The highest BCUT2D eigenvalue weighted by molar-refractivity contribution is 5.78. The lowest BCUT2D eigenvalue weighted by Gasteiger charge is -2.35. The lowest BCUT2D eigenvalue weighted by atomic mass is 9.85. The average molecular weight is 321 g/mol. The first-order valence-electron chi connectivity index (χ1n) is 7.69. The maximum absolute atomic E-state index is 12.8. The summed E-state index contributed by atoms with van der Waals surface area (Å²) in [5.74, 6) is -1.90. The first kappa shape index (κ1) is 16.9. The van der Waals surface area contributed by atoms with Gasteiger partial charge in [0.15, 0.2) is 0 Å². The molecule has 1 saturated carbocycles.